The third kappa shape index (κ3) is 4.04. The Kier molecular flexibility index (Phi) is 6.28. The van der Waals surface area contributed by atoms with Crippen LogP contribution in [0.1, 0.15) is 16.8 Å². The summed E-state index contributed by atoms with van der Waals surface area (Å²) in [5.74, 6) is 0.209. The lowest BCUT2D eigenvalue weighted by Gasteiger charge is -2.40. The molecule has 0 radical (unpaired) electrons. The molecule has 2 aromatic rings. The molecular weight excluding hydrogens is 414 g/mol. The number of pyridine rings is 1. The summed E-state index contributed by atoms with van der Waals surface area (Å²) in [7, 11) is 1.60. The van der Waals surface area contributed by atoms with Gasteiger partial charge in [0.2, 0.25) is 5.91 Å². The number of hydrogen-bond donors (Lipinski definition) is 0. The van der Waals surface area contributed by atoms with E-state index in [-0.39, 0.29) is 23.0 Å². The molecule has 1 aliphatic carbocycles. The summed E-state index contributed by atoms with van der Waals surface area (Å²) < 4.78 is 5.22. The van der Waals surface area contributed by atoms with Gasteiger partial charge in [-0.05, 0) is 30.7 Å². The summed E-state index contributed by atoms with van der Waals surface area (Å²) in [4.78, 5) is 20.9. The second-order valence-electron chi connectivity index (χ2n) is 7.01. The van der Waals surface area contributed by atoms with Gasteiger partial charge in [0.05, 0.1) is 34.9 Å². The minimum Gasteiger partial charge on any atom is -0.380 e. The fourth-order valence-corrected chi connectivity index (χ4v) is 5.87. The number of ether oxygens (including phenoxy) is 1. The second-order valence-corrected chi connectivity index (χ2v) is 9.19. The van der Waals surface area contributed by atoms with E-state index in [0.29, 0.717) is 17.2 Å². The average molecular weight is 436 g/mol. The molecule has 2 atom stereocenters. The fourth-order valence-electron chi connectivity index (χ4n) is 3.68. The maximum absolute atomic E-state index is 13.4. The minimum absolute atomic E-state index is 0.00295. The summed E-state index contributed by atoms with van der Waals surface area (Å²) in [6.07, 6.45) is 8.26. The molecule has 1 aliphatic heterocycles. The summed E-state index contributed by atoms with van der Waals surface area (Å²) >= 11 is 3.10. The van der Waals surface area contributed by atoms with Crippen molar-refractivity contribution in [1.29, 1.82) is 5.26 Å². The maximum atomic E-state index is 13.4. The monoisotopic (exact) mass is 435 g/mol. The lowest BCUT2D eigenvalue weighted by Crippen LogP contribution is -2.48. The molecule has 1 aromatic carbocycles. The Morgan fingerprint density at radius 1 is 1.33 bits per heavy atom. The number of aromatic nitrogens is 1. The third-order valence-corrected chi connectivity index (χ3v) is 7.22. The lowest BCUT2D eigenvalue weighted by molar-refractivity contribution is -0.116. The number of benzene rings is 1. The Morgan fingerprint density at radius 3 is 2.93 bits per heavy atom. The Bertz CT molecular complexity index is 1070. The zero-order valence-electron chi connectivity index (χ0n) is 16.7. The molecule has 152 valence electrons. The molecule has 2 aliphatic rings. The number of hydrogen-bond acceptors (Lipinski definition) is 6. The quantitative estimate of drug-likeness (QED) is 0.644. The van der Waals surface area contributed by atoms with Gasteiger partial charge in [-0.3, -0.25) is 4.79 Å². The molecule has 0 fully saturated rings. The predicted octanol–water partition coefficient (Wildman–Crippen LogP) is 4.50. The zero-order chi connectivity index (χ0) is 21.1. The van der Waals surface area contributed by atoms with Crippen LogP contribution >= 0.6 is 23.5 Å². The molecule has 4 rings (SSSR count). The first-order valence-corrected chi connectivity index (χ1v) is 11.4. The molecule has 0 N–H and O–H groups in total. The Labute approximate surface area is 184 Å². The van der Waals surface area contributed by atoms with E-state index >= 15 is 0 Å². The van der Waals surface area contributed by atoms with Gasteiger partial charge in [-0.2, -0.15) is 5.26 Å². The number of anilines is 1. The number of allylic oxidation sites excluding steroid dienone is 2. The van der Waals surface area contributed by atoms with Gasteiger partial charge in [0.25, 0.3) is 0 Å². The van der Waals surface area contributed by atoms with Gasteiger partial charge in [-0.25, -0.2) is 4.98 Å². The summed E-state index contributed by atoms with van der Waals surface area (Å²) in [6, 6.07) is 12.1. The van der Waals surface area contributed by atoms with Crippen molar-refractivity contribution in [3.05, 3.63) is 71.5 Å². The topological polar surface area (TPSA) is 66.2 Å². The third-order valence-electron chi connectivity index (χ3n) is 4.95. The van der Waals surface area contributed by atoms with Gasteiger partial charge in [0, 0.05) is 17.7 Å². The largest absolute Gasteiger partial charge is 0.380 e. The van der Waals surface area contributed by atoms with Crippen LogP contribution in [-0.4, -0.2) is 35.0 Å². The molecule has 0 spiro atoms. The zero-order valence-corrected chi connectivity index (χ0v) is 18.4. The molecule has 7 heteroatoms. The van der Waals surface area contributed by atoms with E-state index < -0.39 is 0 Å². The Hall–Kier alpha value is -2.53. The normalized spacial score (nSPS) is 19.2. The van der Waals surface area contributed by atoms with Gasteiger partial charge >= 0.3 is 0 Å². The van der Waals surface area contributed by atoms with E-state index in [1.807, 2.05) is 48.2 Å². The SMILES string of the molecule is COCc1cc(C)nc(SCC(=O)N2c3ccccc3S[C@H]3C=CC=C[C@@H]32)c1C#N. The number of carbonyl (C=O) groups is 1. The Morgan fingerprint density at radius 2 is 2.13 bits per heavy atom. The first-order chi connectivity index (χ1) is 14.6. The van der Waals surface area contributed by atoms with Crippen molar-refractivity contribution in [2.24, 2.45) is 0 Å². The molecule has 0 saturated carbocycles. The fraction of sp³-hybridized carbons (Fsp3) is 0.261. The smallest absolute Gasteiger partial charge is 0.238 e. The van der Waals surface area contributed by atoms with E-state index in [2.05, 4.69) is 29.3 Å². The molecule has 30 heavy (non-hydrogen) atoms. The van der Waals surface area contributed by atoms with Crippen LogP contribution in [0.4, 0.5) is 5.69 Å². The molecule has 2 heterocycles. The van der Waals surface area contributed by atoms with Crippen molar-refractivity contribution < 1.29 is 9.53 Å². The summed E-state index contributed by atoms with van der Waals surface area (Å²) in [5.41, 5.74) is 3.01. The van der Waals surface area contributed by atoms with Crippen molar-refractivity contribution in [3.8, 4) is 6.07 Å². The van der Waals surface area contributed by atoms with Crippen LogP contribution in [-0.2, 0) is 16.1 Å². The first kappa shape index (κ1) is 20.7. The van der Waals surface area contributed by atoms with Crippen molar-refractivity contribution in [3.63, 3.8) is 0 Å². The molecule has 0 unspecified atom stereocenters. The van der Waals surface area contributed by atoms with E-state index in [1.165, 1.54) is 11.8 Å². The second kappa shape index (κ2) is 9.09. The average Bonchev–Trinajstić information content (AvgIpc) is 2.75. The predicted molar refractivity (Wildman–Crippen MR) is 121 cm³/mol. The summed E-state index contributed by atoms with van der Waals surface area (Å²) in [6.45, 7) is 2.22. The number of methoxy groups -OCH3 is 1. The van der Waals surface area contributed by atoms with Gasteiger partial charge in [-0.15, -0.1) is 11.8 Å². The van der Waals surface area contributed by atoms with E-state index in [0.717, 1.165) is 21.8 Å². The number of nitriles is 1. The molecule has 0 saturated heterocycles. The lowest BCUT2D eigenvalue weighted by atomic mass is 10.0. The number of carbonyl (C=O) groups excluding carboxylic acids is 1. The van der Waals surface area contributed by atoms with Crippen LogP contribution in [0.5, 0.6) is 0 Å². The van der Waals surface area contributed by atoms with E-state index in [4.69, 9.17) is 4.74 Å². The number of amides is 1. The van der Waals surface area contributed by atoms with Crippen LogP contribution in [0.25, 0.3) is 0 Å². The number of nitrogens with zero attached hydrogens (tertiary/aromatic N) is 3. The summed E-state index contributed by atoms with van der Waals surface area (Å²) in [5, 5.41) is 10.4. The number of fused-ring (bicyclic) bond motifs is 2. The van der Waals surface area contributed by atoms with Crippen LogP contribution in [0, 0.1) is 18.3 Å². The van der Waals surface area contributed by atoms with Gasteiger partial charge < -0.3 is 9.64 Å². The molecule has 1 amide bonds. The van der Waals surface area contributed by atoms with Crippen molar-refractivity contribution >= 4 is 35.1 Å². The number of para-hydroxylation sites is 1. The van der Waals surface area contributed by atoms with Gasteiger partial charge in [-0.1, -0.05) is 48.2 Å². The van der Waals surface area contributed by atoms with Crippen LogP contribution in [0.2, 0.25) is 0 Å². The molecular formula is C23H21N3O2S2. The molecule has 1 aromatic heterocycles. The van der Waals surface area contributed by atoms with Crippen LogP contribution < -0.4 is 4.90 Å². The van der Waals surface area contributed by atoms with Gasteiger partial charge in [0.1, 0.15) is 11.1 Å². The van der Waals surface area contributed by atoms with E-state index in [9.17, 15) is 10.1 Å². The number of aryl methyl sites for hydroxylation is 1. The highest BCUT2D eigenvalue weighted by Crippen LogP contribution is 2.43. The van der Waals surface area contributed by atoms with Gasteiger partial charge in [0.15, 0.2) is 0 Å². The van der Waals surface area contributed by atoms with Crippen molar-refractivity contribution in [2.45, 2.75) is 34.7 Å². The molecule has 5 nitrogen and oxygen atoms in total. The molecule has 0 bridgehead atoms. The highest BCUT2D eigenvalue weighted by Gasteiger charge is 2.36. The minimum atomic E-state index is -0.0204. The standard InChI is InChI=1S/C23H21N3O2S2/c1-15-11-16(13-28-2)17(12-24)23(25-15)29-14-22(27)26-18-7-3-5-9-20(18)30-21-10-6-4-8-19(21)26/h3-11,18,20H,13-14H2,1-2H3/t18-,20-/m0/s1. The van der Waals surface area contributed by atoms with Crippen molar-refractivity contribution in [1.82, 2.24) is 4.98 Å². The first-order valence-electron chi connectivity index (χ1n) is 9.57. The Balaban J connectivity index is 1.61. The van der Waals surface area contributed by atoms with Crippen molar-refractivity contribution in [2.75, 3.05) is 17.8 Å². The highest BCUT2D eigenvalue weighted by molar-refractivity contribution is 8.00. The van der Waals surface area contributed by atoms with Crippen LogP contribution in [0.15, 0.2) is 64.6 Å². The maximum Gasteiger partial charge on any atom is 0.238 e. The number of thioether (sulfide) groups is 2. The highest BCUT2D eigenvalue weighted by atomic mass is 32.2. The number of rotatable bonds is 5. The van der Waals surface area contributed by atoms with E-state index in [1.54, 1.807) is 18.9 Å². The van der Waals surface area contributed by atoms with Crippen LogP contribution in [0.3, 0.4) is 0 Å².